The molecule has 3 fully saturated rings. The summed E-state index contributed by atoms with van der Waals surface area (Å²) in [7, 11) is 1.62. The molecule has 5 rings (SSSR count). The van der Waals surface area contributed by atoms with Gasteiger partial charge < -0.3 is 24.3 Å². The van der Waals surface area contributed by atoms with Gasteiger partial charge in [-0.05, 0) is 35.9 Å². The van der Waals surface area contributed by atoms with Crippen LogP contribution in [0.15, 0.2) is 48.5 Å². The number of hydroxylamine groups is 2. The Morgan fingerprint density at radius 1 is 0.972 bits per heavy atom. The molecule has 0 N–H and O–H groups in total. The molecule has 0 radical (unpaired) electrons. The first-order valence-electron chi connectivity index (χ1n) is 11.9. The highest BCUT2D eigenvalue weighted by Crippen LogP contribution is 2.26. The highest BCUT2D eigenvalue weighted by molar-refractivity contribution is 6.31. The van der Waals surface area contributed by atoms with Gasteiger partial charge in [0.2, 0.25) is 0 Å². The highest BCUT2D eigenvalue weighted by atomic mass is 35.5. The molecule has 36 heavy (non-hydrogen) atoms. The first-order chi connectivity index (χ1) is 17.4. The number of urea groups is 1. The molecule has 3 aliphatic rings. The Kier molecular flexibility index (Phi) is 6.88. The molecule has 0 aliphatic carbocycles. The number of imide groups is 1. The third-order valence-electron chi connectivity index (χ3n) is 6.87. The lowest BCUT2D eigenvalue weighted by molar-refractivity contribution is -0.152. The molecule has 10 nitrogen and oxygen atoms in total. The third-order valence-corrected chi connectivity index (χ3v) is 7.23. The Balaban J connectivity index is 1.15. The number of carbonyl (C=O) groups is 3. The molecule has 190 valence electrons. The van der Waals surface area contributed by atoms with Crippen molar-refractivity contribution in [1.82, 2.24) is 19.8 Å². The predicted molar refractivity (Wildman–Crippen MR) is 133 cm³/mol. The highest BCUT2D eigenvalue weighted by Gasteiger charge is 2.50. The topological polar surface area (TPSA) is 85.9 Å². The zero-order chi connectivity index (χ0) is 25.2. The summed E-state index contributed by atoms with van der Waals surface area (Å²) in [6, 6.07) is 14.0. The largest absolute Gasteiger partial charge is 0.497 e. The number of fused-ring (bicyclic) bond motifs is 1. The third kappa shape index (κ3) is 4.78. The van der Waals surface area contributed by atoms with Gasteiger partial charge in [-0.3, -0.25) is 9.69 Å². The summed E-state index contributed by atoms with van der Waals surface area (Å²) in [5.41, 5.74) is 1.99. The average Bonchev–Trinajstić information content (AvgIpc) is 3.14. The number of piperazine rings is 2. The molecule has 0 aromatic heterocycles. The molecule has 4 amide bonds. The number of hydrogen-bond donors (Lipinski definition) is 0. The van der Waals surface area contributed by atoms with Crippen molar-refractivity contribution < 1.29 is 24.0 Å². The van der Waals surface area contributed by atoms with E-state index >= 15 is 0 Å². The van der Waals surface area contributed by atoms with Gasteiger partial charge in [-0.15, -0.1) is 0 Å². The Bertz CT molecular complexity index is 1140. The summed E-state index contributed by atoms with van der Waals surface area (Å²) >= 11 is 6.28. The number of nitrogens with zero attached hydrogens (tertiary/aromatic N) is 5. The fourth-order valence-electron chi connectivity index (χ4n) is 4.80. The van der Waals surface area contributed by atoms with Crippen LogP contribution in [-0.4, -0.2) is 96.8 Å². The smallest absolute Gasteiger partial charge is 0.434 e. The van der Waals surface area contributed by atoms with Crippen LogP contribution in [0.5, 0.6) is 5.75 Å². The summed E-state index contributed by atoms with van der Waals surface area (Å²) in [6.45, 7) is 3.93. The molecule has 1 atom stereocenters. The van der Waals surface area contributed by atoms with Crippen LogP contribution in [0.2, 0.25) is 5.02 Å². The van der Waals surface area contributed by atoms with E-state index in [9.17, 15) is 14.4 Å². The molecular weight excluding hydrogens is 486 g/mol. The first kappa shape index (κ1) is 24.2. The number of carbonyl (C=O) groups excluding carboxylic acids is 3. The van der Waals surface area contributed by atoms with Crippen LogP contribution in [0.3, 0.4) is 0 Å². The van der Waals surface area contributed by atoms with E-state index in [1.165, 1.54) is 9.80 Å². The molecule has 3 heterocycles. The Labute approximate surface area is 214 Å². The number of amides is 4. The van der Waals surface area contributed by atoms with Crippen molar-refractivity contribution in [2.75, 3.05) is 57.8 Å². The van der Waals surface area contributed by atoms with Crippen LogP contribution >= 0.6 is 11.6 Å². The SMILES string of the molecule is COc1ccc(N2CCN(C(=O)ON3C(=O)C4CN(Cc5ccccc5Cl)CCN4C3=O)CC2)cc1. The van der Waals surface area contributed by atoms with Gasteiger partial charge in [0.1, 0.15) is 11.8 Å². The van der Waals surface area contributed by atoms with Crippen molar-refractivity contribution in [3.63, 3.8) is 0 Å². The van der Waals surface area contributed by atoms with E-state index in [1.807, 2.05) is 48.5 Å². The molecule has 2 aromatic carbocycles. The number of hydrogen-bond acceptors (Lipinski definition) is 7. The summed E-state index contributed by atoms with van der Waals surface area (Å²) < 4.78 is 5.20. The monoisotopic (exact) mass is 513 g/mol. The van der Waals surface area contributed by atoms with Crippen molar-refractivity contribution in [3.8, 4) is 5.75 Å². The molecule has 0 saturated carbocycles. The molecule has 2 aromatic rings. The standard InChI is InChI=1S/C25H28ClN5O5/c1-35-20-8-6-19(7-9-20)28-11-13-29(14-12-28)25(34)36-31-23(32)22-17-27(10-15-30(22)24(31)33)16-18-4-2-3-5-21(18)26/h2-9,22H,10-17H2,1H3. The summed E-state index contributed by atoms with van der Waals surface area (Å²) in [4.78, 5) is 51.2. The molecule has 0 bridgehead atoms. The number of halogens is 1. The maximum Gasteiger partial charge on any atom is 0.434 e. The van der Waals surface area contributed by atoms with Crippen molar-refractivity contribution in [2.45, 2.75) is 12.6 Å². The van der Waals surface area contributed by atoms with Crippen molar-refractivity contribution in [1.29, 1.82) is 0 Å². The lowest BCUT2D eigenvalue weighted by Crippen LogP contribution is -2.52. The van der Waals surface area contributed by atoms with Crippen molar-refractivity contribution in [2.24, 2.45) is 0 Å². The number of benzene rings is 2. The second kappa shape index (κ2) is 10.2. The predicted octanol–water partition coefficient (Wildman–Crippen LogP) is 2.67. The van der Waals surface area contributed by atoms with Gasteiger partial charge in [0.05, 0.1) is 7.11 Å². The summed E-state index contributed by atoms with van der Waals surface area (Å²) in [5, 5.41) is 1.29. The first-order valence-corrected chi connectivity index (χ1v) is 12.3. The van der Waals surface area contributed by atoms with E-state index < -0.39 is 24.1 Å². The lowest BCUT2D eigenvalue weighted by Gasteiger charge is -2.35. The number of rotatable bonds is 5. The maximum absolute atomic E-state index is 13.0. The van der Waals surface area contributed by atoms with E-state index in [0.29, 0.717) is 62.4 Å². The lowest BCUT2D eigenvalue weighted by atomic mass is 10.1. The van der Waals surface area contributed by atoms with Gasteiger partial charge in [-0.25, -0.2) is 9.59 Å². The second-order valence-electron chi connectivity index (χ2n) is 8.98. The molecule has 1 unspecified atom stereocenters. The Morgan fingerprint density at radius 3 is 2.39 bits per heavy atom. The van der Waals surface area contributed by atoms with Crippen LogP contribution in [0, 0.1) is 0 Å². The van der Waals surface area contributed by atoms with E-state index in [4.69, 9.17) is 21.2 Å². The number of ether oxygens (including phenoxy) is 1. The maximum atomic E-state index is 13.0. The van der Waals surface area contributed by atoms with Gasteiger partial charge in [0.15, 0.2) is 0 Å². The Morgan fingerprint density at radius 2 is 1.69 bits per heavy atom. The van der Waals surface area contributed by atoms with Gasteiger partial charge in [0, 0.05) is 63.1 Å². The van der Waals surface area contributed by atoms with Crippen molar-refractivity contribution in [3.05, 3.63) is 59.1 Å². The fourth-order valence-corrected chi connectivity index (χ4v) is 4.99. The van der Waals surface area contributed by atoms with Crippen LogP contribution in [0.4, 0.5) is 15.3 Å². The summed E-state index contributed by atoms with van der Waals surface area (Å²) in [5.74, 6) is 0.262. The molecular formula is C25H28ClN5O5. The van der Waals surface area contributed by atoms with Gasteiger partial charge in [-0.2, -0.15) is 0 Å². The van der Waals surface area contributed by atoms with Gasteiger partial charge in [0.25, 0.3) is 5.91 Å². The quantitative estimate of drug-likeness (QED) is 0.568. The average molecular weight is 514 g/mol. The minimum Gasteiger partial charge on any atom is -0.497 e. The molecule has 3 saturated heterocycles. The van der Waals surface area contributed by atoms with Crippen LogP contribution in [0.1, 0.15) is 5.56 Å². The van der Waals surface area contributed by atoms with E-state index in [-0.39, 0.29) is 0 Å². The van der Waals surface area contributed by atoms with Gasteiger partial charge >= 0.3 is 12.1 Å². The Hall–Kier alpha value is -3.50. The minimum atomic E-state index is -0.696. The summed E-state index contributed by atoms with van der Waals surface area (Å²) in [6.07, 6.45) is -0.696. The normalized spacial score (nSPS) is 20.6. The zero-order valence-corrected chi connectivity index (χ0v) is 20.8. The van der Waals surface area contributed by atoms with Gasteiger partial charge in [-0.1, -0.05) is 34.9 Å². The van der Waals surface area contributed by atoms with Crippen molar-refractivity contribution >= 4 is 35.3 Å². The number of methoxy groups -OCH3 is 1. The second-order valence-corrected chi connectivity index (χ2v) is 9.39. The zero-order valence-electron chi connectivity index (χ0n) is 20.0. The molecule has 0 spiro atoms. The molecule has 3 aliphatic heterocycles. The minimum absolute atomic E-state index is 0.352. The molecule has 11 heteroatoms. The van der Waals surface area contributed by atoms with E-state index in [2.05, 4.69) is 9.80 Å². The van der Waals surface area contributed by atoms with Crippen LogP contribution in [0.25, 0.3) is 0 Å². The number of anilines is 1. The van der Waals surface area contributed by atoms with E-state index in [0.717, 1.165) is 17.0 Å². The van der Waals surface area contributed by atoms with E-state index in [1.54, 1.807) is 7.11 Å². The van der Waals surface area contributed by atoms with Crippen LogP contribution in [-0.2, 0) is 16.2 Å². The fraction of sp³-hybridized carbons (Fsp3) is 0.400. The van der Waals surface area contributed by atoms with Crippen LogP contribution < -0.4 is 9.64 Å².